The van der Waals surface area contributed by atoms with Crippen molar-refractivity contribution in [2.45, 2.75) is 6.18 Å². The van der Waals surface area contributed by atoms with Crippen LogP contribution < -0.4 is 0 Å². The molecule has 102 valence electrons. The number of hydrogen-bond acceptors (Lipinski definition) is 2. The van der Waals surface area contributed by atoms with Gasteiger partial charge in [-0.25, -0.2) is 9.50 Å². The van der Waals surface area contributed by atoms with Crippen LogP contribution in [0, 0.1) is 0 Å². The van der Waals surface area contributed by atoms with Crippen molar-refractivity contribution in [3.05, 3.63) is 52.6 Å². The molecule has 0 aliphatic carbocycles. The Bertz CT molecular complexity index is 763. The second-order valence-electron chi connectivity index (χ2n) is 4.16. The third-order valence-electron chi connectivity index (χ3n) is 2.77. The van der Waals surface area contributed by atoms with Crippen molar-refractivity contribution >= 4 is 21.6 Å². The Morgan fingerprint density at radius 2 is 1.70 bits per heavy atom. The smallest absolute Gasteiger partial charge is 0.219 e. The van der Waals surface area contributed by atoms with E-state index in [1.54, 1.807) is 16.8 Å². The number of halogens is 4. The molecular weight excluding hydrogens is 335 g/mol. The number of rotatable bonds is 1. The summed E-state index contributed by atoms with van der Waals surface area (Å²) in [6.45, 7) is 0. The number of aromatic nitrogens is 3. The predicted octanol–water partition coefficient (Wildman–Crippen LogP) is 4.18. The van der Waals surface area contributed by atoms with Crippen LogP contribution in [-0.4, -0.2) is 14.6 Å². The Morgan fingerprint density at radius 3 is 2.35 bits per heavy atom. The third-order valence-corrected chi connectivity index (χ3v) is 3.23. The molecule has 3 nitrogen and oxygen atoms in total. The molecule has 0 amide bonds. The molecule has 0 saturated carbocycles. The third kappa shape index (κ3) is 2.40. The van der Waals surface area contributed by atoms with Crippen LogP contribution in [0.1, 0.15) is 5.56 Å². The van der Waals surface area contributed by atoms with Crippen LogP contribution in [0.5, 0.6) is 0 Å². The van der Waals surface area contributed by atoms with E-state index in [1.165, 1.54) is 12.1 Å². The molecule has 0 aliphatic heterocycles. The van der Waals surface area contributed by atoms with Crippen molar-refractivity contribution in [3.8, 4) is 11.4 Å². The minimum Gasteiger partial charge on any atom is -0.219 e. The maximum absolute atomic E-state index is 12.5. The van der Waals surface area contributed by atoms with Gasteiger partial charge < -0.3 is 0 Å². The van der Waals surface area contributed by atoms with Gasteiger partial charge in [0.15, 0.2) is 11.5 Å². The zero-order valence-corrected chi connectivity index (χ0v) is 11.5. The molecule has 0 atom stereocenters. The van der Waals surface area contributed by atoms with E-state index in [1.807, 2.05) is 6.07 Å². The van der Waals surface area contributed by atoms with Gasteiger partial charge in [0.2, 0.25) is 0 Å². The van der Waals surface area contributed by atoms with Crippen LogP contribution in [0.25, 0.3) is 17.0 Å². The number of alkyl halides is 3. The molecule has 1 aromatic carbocycles. The van der Waals surface area contributed by atoms with Crippen LogP contribution in [0.2, 0.25) is 0 Å². The van der Waals surface area contributed by atoms with Crippen LogP contribution in [0.3, 0.4) is 0 Å². The van der Waals surface area contributed by atoms with Gasteiger partial charge in [0.25, 0.3) is 0 Å². The summed E-state index contributed by atoms with van der Waals surface area (Å²) in [5, 5.41) is 4.23. The van der Waals surface area contributed by atoms with E-state index in [0.717, 1.165) is 16.6 Å². The molecule has 0 bridgehead atoms. The van der Waals surface area contributed by atoms with Crippen molar-refractivity contribution < 1.29 is 13.2 Å². The molecule has 0 spiro atoms. The van der Waals surface area contributed by atoms with Crippen LogP contribution in [-0.2, 0) is 6.18 Å². The van der Waals surface area contributed by atoms with Gasteiger partial charge in [0.05, 0.1) is 5.56 Å². The summed E-state index contributed by atoms with van der Waals surface area (Å²) in [6, 6.07) is 8.37. The molecule has 3 aromatic rings. The average molecular weight is 342 g/mol. The molecule has 0 saturated heterocycles. The highest BCUT2D eigenvalue weighted by Gasteiger charge is 2.30. The molecule has 2 aromatic heterocycles. The van der Waals surface area contributed by atoms with Gasteiger partial charge in [0, 0.05) is 16.2 Å². The Balaban J connectivity index is 2.02. The summed E-state index contributed by atoms with van der Waals surface area (Å²) < 4.78 is 39.9. The number of fused-ring (bicyclic) bond motifs is 1. The molecule has 2 heterocycles. The zero-order valence-electron chi connectivity index (χ0n) is 9.89. The summed E-state index contributed by atoms with van der Waals surface area (Å²) in [5.74, 6) is 0.386. The molecule has 0 unspecified atom stereocenters. The van der Waals surface area contributed by atoms with Gasteiger partial charge in [-0.2, -0.15) is 13.2 Å². The molecule has 20 heavy (non-hydrogen) atoms. The first-order valence-electron chi connectivity index (χ1n) is 5.63. The lowest BCUT2D eigenvalue weighted by Crippen LogP contribution is -2.04. The second kappa shape index (κ2) is 4.59. The average Bonchev–Trinajstić information content (AvgIpc) is 2.80. The first-order valence-corrected chi connectivity index (χ1v) is 6.42. The highest BCUT2D eigenvalue weighted by Crippen LogP contribution is 2.30. The highest BCUT2D eigenvalue weighted by molar-refractivity contribution is 9.10. The van der Waals surface area contributed by atoms with Gasteiger partial charge in [-0.05, 0) is 40.2 Å². The van der Waals surface area contributed by atoms with Crippen molar-refractivity contribution in [2.75, 3.05) is 0 Å². The summed E-state index contributed by atoms with van der Waals surface area (Å²) >= 11 is 3.32. The van der Waals surface area contributed by atoms with Crippen LogP contribution >= 0.6 is 15.9 Å². The van der Waals surface area contributed by atoms with Crippen molar-refractivity contribution in [1.29, 1.82) is 0 Å². The molecule has 0 aliphatic rings. The summed E-state index contributed by atoms with van der Waals surface area (Å²) in [5.41, 5.74) is 0.480. The first-order chi connectivity index (χ1) is 9.43. The van der Waals surface area contributed by atoms with Gasteiger partial charge in [-0.3, -0.25) is 0 Å². The minimum atomic E-state index is -4.34. The standard InChI is InChI=1S/C13H7BrF3N3/c14-10-5-6-11-18-12(19-20(11)7-10)8-1-3-9(4-2-8)13(15,16)17/h1-7H. The van der Waals surface area contributed by atoms with Crippen LogP contribution in [0.15, 0.2) is 47.1 Å². The Kier molecular flexibility index (Phi) is 3.01. The molecule has 0 fully saturated rings. The lowest BCUT2D eigenvalue weighted by molar-refractivity contribution is -0.137. The lowest BCUT2D eigenvalue weighted by Gasteiger charge is -2.05. The quantitative estimate of drug-likeness (QED) is 0.664. The fourth-order valence-corrected chi connectivity index (χ4v) is 2.11. The first kappa shape index (κ1) is 13.1. The van der Waals surface area contributed by atoms with E-state index in [-0.39, 0.29) is 0 Å². The topological polar surface area (TPSA) is 30.2 Å². The number of nitrogens with zero attached hydrogens (tertiary/aromatic N) is 3. The fourth-order valence-electron chi connectivity index (χ4n) is 1.79. The minimum absolute atomic E-state index is 0.386. The van der Waals surface area contributed by atoms with Gasteiger partial charge >= 0.3 is 6.18 Å². The summed E-state index contributed by atoms with van der Waals surface area (Å²) in [4.78, 5) is 4.27. The predicted molar refractivity (Wildman–Crippen MR) is 71.1 cm³/mol. The molecular formula is C13H7BrF3N3. The van der Waals surface area contributed by atoms with Gasteiger partial charge in [0.1, 0.15) is 0 Å². The van der Waals surface area contributed by atoms with Crippen LogP contribution in [0.4, 0.5) is 13.2 Å². The van der Waals surface area contributed by atoms with E-state index in [9.17, 15) is 13.2 Å². The number of hydrogen-bond donors (Lipinski definition) is 0. The Hall–Kier alpha value is -1.89. The largest absolute Gasteiger partial charge is 0.416 e. The van der Waals surface area contributed by atoms with Crippen molar-refractivity contribution in [2.24, 2.45) is 0 Å². The highest BCUT2D eigenvalue weighted by atomic mass is 79.9. The van der Waals surface area contributed by atoms with E-state index in [2.05, 4.69) is 26.0 Å². The summed E-state index contributed by atoms with van der Waals surface area (Å²) in [7, 11) is 0. The van der Waals surface area contributed by atoms with E-state index >= 15 is 0 Å². The van der Waals surface area contributed by atoms with Crippen molar-refractivity contribution in [1.82, 2.24) is 14.6 Å². The molecule has 0 N–H and O–H groups in total. The van der Waals surface area contributed by atoms with E-state index in [4.69, 9.17) is 0 Å². The molecule has 7 heteroatoms. The maximum atomic E-state index is 12.5. The maximum Gasteiger partial charge on any atom is 0.416 e. The number of benzene rings is 1. The van der Waals surface area contributed by atoms with Crippen molar-refractivity contribution in [3.63, 3.8) is 0 Å². The SMILES string of the molecule is FC(F)(F)c1ccc(-c2nc3ccc(Br)cn3n2)cc1. The molecule has 0 radical (unpaired) electrons. The van der Waals surface area contributed by atoms with E-state index < -0.39 is 11.7 Å². The van der Waals surface area contributed by atoms with Gasteiger partial charge in [-0.15, -0.1) is 5.10 Å². The monoisotopic (exact) mass is 341 g/mol. The normalized spacial score (nSPS) is 12.0. The van der Waals surface area contributed by atoms with Gasteiger partial charge in [-0.1, -0.05) is 12.1 Å². The lowest BCUT2D eigenvalue weighted by atomic mass is 10.1. The Labute approximate surface area is 120 Å². The fraction of sp³-hybridized carbons (Fsp3) is 0.0769. The Morgan fingerprint density at radius 1 is 1.00 bits per heavy atom. The number of pyridine rings is 1. The van der Waals surface area contributed by atoms with E-state index in [0.29, 0.717) is 17.0 Å². The zero-order chi connectivity index (χ0) is 14.3. The molecule has 3 rings (SSSR count). The summed E-state index contributed by atoms with van der Waals surface area (Å²) in [6.07, 6.45) is -2.61. The second-order valence-corrected chi connectivity index (χ2v) is 5.08.